The number of halogens is 1. The van der Waals surface area contributed by atoms with Crippen molar-refractivity contribution in [3.8, 4) is 11.5 Å². The number of phenols is 1. The van der Waals surface area contributed by atoms with Crippen LogP contribution in [0.2, 0.25) is 5.02 Å². The van der Waals surface area contributed by atoms with E-state index >= 15 is 0 Å². The molecule has 0 aliphatic rings. The van der Waals surface area contributed by atoms with Crippen molar-refractivity contribution >= 4 is 29.0 Å². The van der Waals surface area contributed by atoms with Gasteiger partial charge in [-0.25, -0.2) is 4.79 Å². The Morgan fingerprint density at radius 2 is 1.70 bits per heavy atom. The molecule has 0 atom stereocenters. The zero-order valence-corrected chi connectivity index (χ0v) is 11.4. The minimum Gasteiger partial charge on any atom is -0.506 e. The normalized spacial score (nSPS) is 9.90. The second kappa shape index (κ2) is 6.16. The van der Waals surface area contributed by atoms with Crippen LogP contribution in [0.5, 0.6) is 11.5 Å². The van der Waals surface area contributed by atoms with Crippen LogP contribution >= 0.6 is 11.6 Å². The summed E-state index contributed by atoms with van der Waals surface area (Å²) in [6.07, 6.45) is 0. The number of urea groups is 1. The number of hydrogen-bond acceptors (Lipinski definition) is 3. The zero-order valence-electron chi connectivity index (χ0n) is 10.7. The number of ether oxygens (including phenoxy) is 1. The Bertz CT molecular complexity index is 614. The fraction of sp³-hybridized carbons (Fsp3) is 0.0714. The molecule has 0 bridgehead atoms. The van der Waals surface area contributed by atoms with E-state index in [1.807, 2.05) is 0 Å². The predicted octanol–water partition coefficient (Wildman–Crippen LogP) is 3.70. The summed E-state index contributed by atoms with van der Waals surface area (Å²) in [5.41, 5.74) is 1.12. The fourth-order valence-electron chi connectivity index (χ4n) is 1.55. The third-order valence-corrected chi connectivity index (χ3v) is 2.86. The molecule has 20 heavy (non-hydrogen) atoms. The third kappa shape index (κ3) is 3.55. The highest BCUT2D eigenvalue weighted by Crippen LogP contribution is 2.26. The molecule has 0 radical (unpaired) electrons. The van der Waals surface area contributed by atoms with E-state index in [9.17, 15) is 9.90 Å². The molecule has 0 heterocycles. The Kier molecular flexibility index (Phi) is 4.32. The van der Waals surface area contributed by atoms with Gasteiger partial charge in [-0.15, -0.1) is 0 Å². The van der Waals surface area contributed by atoms with Crippen LogP contribution in [0.15, 0.2) is 42.5 Å². The number of nitrogens with one attached hydrogen (secondary N) is 2. The van der Waals surface area contributed by atoms with Crippen molar-refractivity contribution in [1.29, 1.82) is 0 Å². The van der Waals surface area contributed by atoms with E-state index in [0.29, 0.717) is 17.1 Å². The van der Waals surface area contributed by atoms with Crippen LogP contribution in [0.1, 0.15) is 0 Å². The van der Waals surface area contributed by atoms with Crippen LogP contribution in [0, 0.1) is 0 Å². The molecule has 0 saturated heterocycles. The van der Waals surface area contributed by atoms with Crippen molar-refractivity contribution < 1.29 is 14.6 Å². The van der Waals surface area contributed by atoms with Crippen molar-refractivity contribution in [3.05, 3.63) is 47.5 Å². The lowest BCUT2D eigenvalue weighted by Gasteiger charge is -2.09. The highest BCUT2D eigenvalue weighted by molar-refractivity contribution is 6.32. The van der Waals surface area contributed by atoms with Crippen LogP contribution in [0.4, 0.5) is 16.2 Å². The largest absolute Gasteiger partial charge is 0.506 e. The van der Waals surface area contributed by atoms with Gasteiger partial charge in [-0.1, -0.05) is 11.6 Å². The molecule has 0 unspecified atom stereocenters. The van der Waals surface area contributed by atoms with Gasteiger partial charge in [-0.3, -0.25) is 0 Å². The maximum absolute atomic E-state index is 11.8. The summed E-state index contributed by atoms with van der Waals surface area (Å²) in [7, 11) is 1.57. The van der Waals surface area contributed by atoms with Crippen molar-refractivity contribution in [2.24, 2.45) is 0 Å². The van der Waals surface area contributed by atoms with E-state index in [0.717, 1.165) is 0 Å². The van der Waals surface area contributed by atoms with Crippen LogP contribution in [-0.4, -0.2) is 18.2 Å². The zero-order chi connectivity index (χ0) is 14.5. The van der Waals surface area contributed by atoms with E-state index in [4.69, 9.17) is 16.3 Å². The van der Waals surface area contributed by atoms with Gasteiger partial charge in [-0.2, -0.15) is 0 Å². The van der Waals surface area contributed by atoms with Crippen molar-refractivity contribution in [2.45, 2.75) is 0 Å². The monoisotopic (exact) mass is 292 g/mol. The first-order valence-electron chi connectivity index (χ1n) is 5.79. The topological polar surface area (TPSA) is 70.6 Å². The minimum atomic E-state index is -0.406. The number of anilines is 2. The van der Waals surface area contributed by atoms with Crippen LogP contribution in [0.25, 0.3) is 0 Å². The molecule has 0 aliphatic heterocycles. The smallest absolute Gasteiger partial charge is 0.323 e. The maximum atomic E-state index is 11.8. The van der Waals surface area contributed by atoms with Crippen molar-refractivity contribution in [2.75, 3.05) is 17.7 Å². The Morgan fingerprint density at radius 3 is 2.30 bits per heavy atom. The van der Waals surface area contributed by atoms with E-state index in [1.54, 1.807) is 37.4 Å². The molecule has 0 aliphatic carbocycles. The van der Waals surface area contributed by atoms with E-state index in [1.165, 1.54) is 12.1 Å². The molecular formula is C14H13ClN2O3. The lowest BCUT2D eigenvalue weighted by Crippen LogP contribution is -2.19. The molecule has 2 rings (SSSR count). The van der Waals surface area contributed by atoms with Gasteiger partial charge >= 0.3 is 6.03 Å². The number of aromatic hydroxyl groups is 1. The maximum Gasteiger partial charge on any atom is 0.323 e. The summed E-state index contributed by atoms with van der Waals surface area (Å²) in [6, 6.07) is 11.0. The number of hydrogen-bond donors (Lipinski definition) is 3. The molecule has 0 spiro atoms. The second-order valence-electron chi connectivity index (χ2n) is 3.97. The van der Waals surface area contributed by atoms with E-state index < -0.39 is 6.03 Å². The first kappa shape index (κ1) is 14.0. The SMILES string of the molecule is COc1ccc(NC(=O)Nc2ccc(O)c(Cl)c2)cc1. The molecule has 0 aromatic heterocycles. The molecule has 2 aromatic rings. The summed E-state index contributed by atoms with van der Waals surface area (Å²) in [5, 5.41) is 14.7. The average molecular weight is 293 g/mol. The lowest BCUT2D eigenvalue weighted by molar-refractivity contribution is 0.262. The Balaban J connectivity index is 1.99. The van der Waals surface area contributed by atoms with Gasteiger partial charge < -0.3 is 20.5 Å². The molecule has 0 fully saturated rings. The number of methoxy groups -OCH3 is 1. The number of phenolic OH excluding ortho intramolecular Hbond substituents is 1. The summed E-state index contributed by atoms with van der Waals surface area (Å²) in [5.74, 6) is 0.675. The number of carbonyl (C=O) groups excluding carboxylic acids is 1. The third-order valence-electron chi connectivity index (χ3n) is 2.55. The molecule has 5 nitrogen and oxygen atoms in total. The molecular weight excluding hydrogens is 280 g/mol. The van der Waals surface area contributed by atoms with Gasteiger partial charge in [0.15, 0.2) is 0 Å². The highest BCUT2D eigenvalue weighted by atomic mass is 35.5. The molecule has 3 N–H and O–H groups in total. The fourth-order valence-corrected chi connectivity index (χ4v) is 1.73. The standard InChI is InChI=1S/C14H13ClN2O3/c1-20-11-5-2-9(3-6-11)16-14(19)17-10-4-7-13(18)12(15)8-10/h2-8,18H,1H3,(H2,16,17,19). The van der Waals surface area contributed by atoms with Gasteiger partial charge in [-0.05, 0) is 42.5 Å². The predicted molar refractivity (Wildman–Crippen MR) is 78.8 cm³/mol. The molecule has 2 aromatic carbocycles. The van der Waals surface area contributed by atoms with Crippen molar-refractivity contribution in [3.63, 3.8) is 0 Å². The molecule has 2 amide bonds. The first-order chi connectivity index (χ1) is 9.58. The van der Waals surface area contributed by atoms with Crippen LogP contribution < -0.4 is 15.4 Å². The number of amides is 2. The summed E-state index contributed by atoms with van der Waals surface area (Å²) in [4.78, 5) is 11.8. The highest BCUT2D eigenvalue weighted by Gasteiger charge is 2.05. The summed E-state index contributed by atoms with van der Waals surface area (Å²) >= 11 is 5.76. The number of carbonyl (C=O) groups is 1. The number of rotatable bonds is 3. The van der Waals surface area contributed by atoms with Gasteiger partial charge in [0.25, 0.3) is 0 Å². The van der Waals surface area contributed by atoms with Crippen molar-refractivity contribution in [1.82, 2.24) is 0 Å². The molecule has 0 saturated carbocycles. The van der Waals surface area contributed by atoms with Crippen LogP contribution in [0.3, 0.4) is 0 Å². The van der Waals surface area contributed by atoms with Gasteiger partial charge in [0, 0.05) is 11.4 Å². The van der Waals surface area contributed by atoms with Crippen LogP contribution in [-0.2, 0) is 0 Å². The Hall–Kier alpha value is -2.40. The molecule has 104 valence electrons. The second-order valence-corrected chi connectivity index (χ2v) is 4.38. The summed E-state index contributed by atoms with van der Waals surface area (Å²) in [6.45, 7) is 0. The van der Waals surface area contributed by atoms with Gasteiger partial charge in [0.2, 0.25) is 0 Å². The molecule has 6 heteroatoms. The lowest BCUT2D eigenvalue weighted by atomic mass is 10.3. The van der Waals surface area contributed by atoms with Gasteiger partial charge in [0.1, 0.15) is 11.5 Å². The Morgan fingerprint density at radius 1 is 1.10 bits per heavy atom. The summed E-state index contributed by atoms with van der Waals surface area (Å²) < 4.78 is 5.03. The van der Waals surface area contributed by atoms with E-state index in [-0.39, 0.29) is 10.8 Å². The van der Waals surface area contributed by atoms with E-state index in [2.05, 4.69) is 10.6 Å². The minimum absolute atomic E-state index is 0.0345. The Labute approximate surface area is 121 Å². The first-order valence-corrected chi connectivity index (χ1v) is 6.17. The average Bonchev–Trinajstić information content (AvgIpc) is 2.44. The quantitative estimate of drug-likeness (QED) is 0.755. The number of benzene rings is 2. The van der Waals surface area contributed by atoms with Gasteiger partial charge in [0.05, 0.1) is 12.1 Å².